The van der Waals surface area contributed by atoms with E-state index in [4.69, 9.17) is 16.7 Å². The van der Waals surface area contributed by atoms with Crippen molar-refractivity contribution in [2.24, 2.45) is 0 Å². The van der Waals surface area contributed by atoms with E-state index in [2.05, 4.69) is 0 Å². The first-order chi connectivity index (χ1) is 8.66. The number of phenols is 1. The minimum atomic E-state index is -0.145. The predicted octanol–water partition coefficient (Wildman–Crippen LogP) is 3.94. The molecule has 2 nitrogen and oxygen atoms in total. The van der Waals surface area contributed by atoms with Gasteiger partial charge in [0.15, 0.2) is 5.78 Å². The Morgan fingerprint density at radius 1 is 1.06 bits per heavy atom. The topological polar surface area (TPSA) is 37.3 Å². The van der Waals surface area contributed by atoms with E-state index in [1.165, 1.54) is 6.08 Å². The van der Waals surface area contributed by atoms with E-state index in [9.17, 15) is 4.79 Å². The zero-order valence-corrected chi connectivity index (χ0v) is 10.3. The molecule has 0 radical (unpaired) electrons. The standard InChI is InChI=1S/C15H11ClO2/c16-14-4-2-1-3-13(14)15(18)10-7-11-5-8-12(17)9-6-11/h1-10,17H/b10-7-. The summed E-state index contributed by atoms with van der Waals surface area (Å²) in [5, 5.41) is 9.58. The van der Waals surface area contributed by atoms with Gasteiger partial charge in [-0.2, -0.15) is 0 Å². The fourth-order valence-corrected chi connectivity index (χ4v) is 1.74. The van der Waals surface area contributed by atoms with Gasteiger partial charge in [-0.25, -0.2) is 0 Å². The first-order valence-corrected chi connectivity index (χ1v) is 5.80. The number of aromatic hydroxyl groups is 1. The maximum Gasteiger partial charge on any atom is 0.187 e. The van der Waals surface area contributed by atoms with Crippen molar-refractivity contribution in [1.82, 2.24) is 0 Å². The van der Waals surface area contributed by atoms with Crippen LogP contribution in [-0.4, -0.2) is 10.9 Å². The minimum absolute atomic E-state index is 0.145. The van der Waals surface area contributed by atoms with Crippen LogP contribution in [0.3, 0.4) is 0 Å². The molecule has 90 valence electrons. The number of ketones is 1. The van der Waals surface area contributed by atoms with Gasteiger partial charge in [0.05, 0.1) is 5.02 Å². The second-order valence-corrected chi connectivity index (χ2v) is 4.18. The maximum absolute atomic E-state index is 11.9. The summed E-state index contributed by atoms with van der Waals surface area (Å²) in [6, 6.07) is 13.5. The van der Waals surface area contributed by atoms with Gasteiger partial charge in [-0.05, 0) is 35.9 Å². The van der Waals surface area contributed by atoms with E-state index in [-0.39, 0.29) is 11.5 Å². The van der Waals surface area contributed by atoms with Crippen LogP contribution in [0, 0.1) is 0 Å². The fraction of sp³-hybridized carbons (Fsp3) is 0. The summed E-state index contributed by atoms with van der Waals surface area (Å²) in [4.78, 5) is 11.9. The molecule has 0 amide bonds. The third-order valence-corrected chi connectivity index (χ3v) is 2.79. The van der Waals surface area contributed by atoms with Gasteiger partial charge in [-0.3, -0.25) is 4.79 Å². The lowest BCUT2D eigenvalue weighted by atomic mass is 10.1. The molecule has 2 aromatic rings. The number of carbonyl (C=O) groups excluding carboxylic acids is 1. The van der Waals surface area contributed by atoms with Crippen molar-refractivity contribution < 1.29 is 9.90 Å². The van der Waals surface area contributed by atoms with Gasteiger partial charge in [0, 0.05) is 5.56 Å². The lowest BCUT2D eigenvalue weighted by Crippen LogP contribution is -1.94. The molecule has 3 heteroatoms. The van der Waals surface area contributed by atoms with E-state index in [1.54, 1.807) is 54.6 Å². The van der Waals surface area contributed by atoms with E-state index < -0.39 is 0 Å². The molecule has 0 aromatic heterocycles. The van der Waals surface area contributed by atoms with Crippen molar-refractivity contribution in [2.75, 3.05) is 0 Å². The number of hydrogen-bond acceptors (Lipinski definition) is 2. The Labute approximate surface area is 110 Å². The highest BCUT2D eigenvalue weighted by atomic mass is 35.5. The van der Waals surface area contributed by atoms with Gasteiger partial charge in [0.25, 0.3) is 0 Å². The van der Waals surface area contributed by atoms with Gasteiger partial charge >= 0.3 is 0 Å². The summed E-state index contributed by atoms with van der Waals surface area (Å²) in [6.07, 6.45) is 3.15. The highest BCUT2D eigenvalue weighted by Crippen LogP contribution is 2.17. The molecular weight excluding hydrogens is 248 g/mol. The molecular formula is C15H11ClO2. The van der Waals surface area contributed by atoms with Crippen LogP contribution in [0.2, 0.25) is 5.02 Å². The Morgan fingerprint density at radius 3 is 2.39 bits per heavy atom. The molecule has 0 spiro atoms. The molecule has 0 aliphatic heterocycles. The highest BCUT2D eigenvalue weighted by molar-refractivity contribution is 6.34. The van der Waals surface area contributed by atoms with E-state index >= 15 is 0 Å². The van der Waals surface area contributed by atoms with Crippen molar-refractivity contribution in [3.8, 4) is 5.75 Å². The zero-order valence-electron chi connectivity index (χ0n) is 9.51. The van der Waals surface area contributed by atoms with E-state index in [1.807, 2.05) is 0 Å². The van der Waals surface area contributed by atoms with Crippen molar-refractivity contribution in [3.63, 3.8) is 0 Å². The summed E-state index contributed by atoms with van der Waals surface area (Å²) >= 11 is 5.93. The number of hydrogen-bond donors (Lipinski definition) is 1. The molecule has 0 bridgehead atoms. The summed E-state index contributed by atoms with van der Waals surface area (Å²) in [7, 11) is 0. The van der Waals surface area contributed by atoms with Gasteiger partial charge < -0.3 is 5.11 Å². The third kappa shape index (κ3) is 2.99. The van der Waals surface area contributed by atoms with E-state index in [0.717, 1.165) is 5.56 Å². The van der Waals surface area contributed by atoms with Gasteiger partial charge in [0.2, 0.25) is 0 Å². The molecule has 1 N–H and O–H groups in total. The monoisotopic (exact) mass is 258 g/mol. The Morgan fingerprint density at radius 2 is 1.72 bits per heavy atom. The molecule has 2 rings (SSSR count). The van der Waals surface area contributed by atoms with Crippen LogP contribution in [0.1, 0.15) is 15.9 Å². The normalized spacial score (nSPS) is 10.7. The van der Waals surface area contributed by atoms with Crippen molar-refractivity contribution in [2.45, 2.75) is 0 Å². The minimum Gasteiger partial charge on any atom is -0.508 e. The second kappa shape index (κ2) is 5.52. The molecule has 2 aromatic carbocycles. The SMILES string of the molecule is O=C(/C=C\c1ccc(O)cc1)c1ccccc1Cl. The van der Waals surface area contributed by atoms with Crippen LogP contribution in [0.15, 0.2) is 54.6 Å². The fourth-order valence-electron chi connectivity index (χ4n) is 1.51. The number of allylic oxidation sites excluding steroid dienone is 1. The molecule has 0 aliphatic rings. The number of carbonyl (C=O) groups is 1. The van der Waals surface area contributed by atoms with Crippen molar-refractivity contribution >= 4 is 23.5 Å². The predicted molar refractivity (Wildman–Crippen MR) is 72.9 cm³/mol. The van der Waals surface area contributed by atoms with Gasteiger partial charge in [-0.1, -0.05) is 41.9 Å². The quantitative estimate of drug-likeness (QED) is 0.669. The Balaban J connectivity index is 2.17. The van der Waals surface area contributed by atoms with Crippen LogP contribution in [-0.2, 0) is 0 Å². The molecule has 0 fully saturated rings. The third-order valence-electron chi connectivity index (χ3n) is 2.46. The van der Waals surface area contributed by atoms with Crippen molar-refractivity contribution in [1.29, 1.82) is 0 Å². The van der Waals surface area contributed by atoms with Crippen molar-refractivity contribution in [3.05, 3.63) is 70.8 Å². The average Bonchev–Trinajstić information content (AvgIpc) is 2.38. The Kier molecular flexibility index (Phi) is 3.80. The smallest absolute Gasteiger partial charge is 0.187 e. The lowest BCUT2D eigenvalue weighted by molar-refractivity contribution is 0.104. The van der Waals surface area contributed by atoms with Crippen LogP contribution in [0.4, 0.5) is 0 Å². The first-order valence-electron chi connectivity index (χ1n) is 5.43. The molecule has 0 unspecified atom stereocenters. The Bertz CT molecular complexity index is 586. The summed E-state index contributed by atoms with van der Waals surface area (Å²) in [5.41, 5.74) is 1.32. The number of halogens is 1. The van der Waals surface area contributed by atoms with E-state index in [0.29, 0.717) is 10.6 Å². The van der Waals surface area contributed by atoms with Crippen LogP contribution < -0.4 is 0 Å². The molecule has 0 heterocycles. The van der Waals surface area contributed by atoms with Crippen LogP contribution >= 0.6 is 11.6 Å². The first kappa shape index (κ1) is 12.4. The molecule has 0 aliphatic carbocycles. The van der Waals surface area contributed by atoms with Gasteiger partial charge in [-0.15, -0.1) is 0 Å². The largest absolute Gasteiger partial charge is 0.508 e. The van der Waals surface area contributed by atoms with Gasteiger partial charge in [0.1, 0.15) is 5.75 Å². The summed E-state index contributed by atoms with van der Waals surface area (Å²) < 4.78 is 0. The number of rotatable bonds is 3. The highest BCUT2D eigenvalue weighted by Gasteiger charge is 2.05. The Hall–Kier alpha value is -2.06. The zero-order chi connectivity index (χ0) is 13.0. The summed E-state index contributed by atoms with van der Waals surface area (Å²) in [6.45, 7) is 0. The van der Waals surface area contributed by atoms with Crippen LogP contribution in [0.5, 0.6) is 5.75 Å². The average molecular weight is 259 g/mol. The second-order valence-electron chi connectivity index (χ2n) is 3.77. The maximum atomic E-state index is 11.9. The number of benzene rings is 2. The lowest BCUT2D eigenvalue weighted by Gasteiger charge is -1.98. The molecule has 0 saturated heterocycles. The molecule has 0 atom stereocenters. The van der Waals surface area contributed by atoms with Crippen LogP contribution in [0.25, 0.3) is 6.08 Å². The molecule has 18 heavy (non-hydrogen) atoms. The number of phenolic OH excluding ortho intramolecular Hbond substituents is 1. The summed E-state index contributed by atoms with van der Waals surface area (Å²) in [5.74, 6) is 0.0539. The molecule has 0 saturated carbocycles.